The number of imide groups is 1. The number of benzene rings is 2. The molecule has 0 aliphatic carbocycles. The minimum absolute atomic E-state index is 0.0216. The quantitative estimate of drug-likeness (QED) is 0.213. The maximum atomic E-state index is 13.8. The van der Waals surface area contributed by atoms with E-state index in [0.717, 1.165) is 68.1 Å². The second-order valence-corrected chi connectivity index (χ2v) is 16.0. The molecule has 16 nitrogen and oxygen atoms in total. The van der Waals surface area contributed by atoms with E-state index in [9.17, 15) is 29.1 Å². The van der Waals surface area contributed by atoms with E-state index >= 15 is 0 Å². The third-order valence-corrected chi connectivity index (χ3v) is 11.9. The Morgan fingerprint density at radius 2 is 1.77 bits per heavy atom. The van der Waals surface area contributed by atoms with E-state index in [1.165, 1.54) is 6.20 Å². The van der Waals surface area contributed by atoms with Gasteiger partial charge in [-0.05, 0) is 93.8 Å². The first-order valence-electron chi connectivity index (χ1n) is 19.7. The van der Waals surface area contributed by atoms with Crippen LogP contribution in [0.25, 0.3) is 5.65 Å². The highest BCUT2D eigenvalue weighted by Gasteiger charge is 2.45. The van der Waals surface area contributed by atoms with Crippen LogP contribution >= 0.6 is 0 Å². The van der Waals surface area contributed by atoms with Crippen molar-refractivity contribution in [1.29, 1.82) is 0 Å². The zero-order chi connectivity index (χ0) is 39.5. The fourth-order valence-corrected chi connectivity index (χ4v) is 9.03. The normalized spacial score (nSPS) is 22.8. The lowest BCUT2D eigenvalue weighted by atomic mass is 10.0. The summed E-state index contributed by atoms with van der Waals surface area (Å²) in [5.41, 5.74) is 4.21. The molecule has 0 saturated carbocycles. The van der Waals surface area contributed by atoms with Gasteiger partial charge in [-0.15, -0.1) is 0 Å². The van der Waals surface area contributed by atoms with Gasteiger partial charge in [-0.25, -0.2) is 9.50 Å². The number of carbonyl (C=O) groups is 5. The molecule has 5 aliphatic rings. The van der Waals surface area contributed by atoms with Gasteiger partial charge in [-0.3, -0.25) is 28.9 Å². The molecule has 0 bridgehead atoms. The first-order chi connectivity index (χ1) is 27.5. The van der Waals surface area contributed by atoms with Crippen LogP contribution in [0.3, 0.4) is 0 Å². The summed E-state index contributed by atoms with van der Waals surface area (Å²) in [4.78, 5) is 78.4. The van der Waals surface area contributed by atoms with Crippen LogP contribution in [0.15, 0.2) is 55.0 Å². The van der Waals surface area contributed by atoms with Crippen molar-refractivity contribution in [2.45, 2.75) is 76.9 Å². The number of aliphatic hydroxyl groups is 1. The van der Waals surface area contributed by atoms with Crippen molar-refractivity contribution in [2.24, 2.45) is 5.92 Å². The van der Waals surface area contributed by atoms with E-state index in [4.69, 9.17) is 4.74 Å². The number of aliphatic hydroxyl groups excluding tert-OH is 1. The Bertz CT molecular complexity index is 2300. The van der Waals surface area contributed by atoms with Crippen LogP contribution in [0.2, 0.25) is 0 Å². The molecular weight excluding hydrogens is 731 g/mol. The first kappa shape index (κ1) is 36.7. The molecule has 3 fully saturated rings. The van der Waals surface area contributed by atoms with Crippen molar-refractivity contribution < 1.29 is 33.8 Å². The average molecular weight is 776 g/mol. The molecule has 0 radical (unpaired) electrons. The van der Waals surface area contributed by atoms with Crippen LogP contribution in [-0.4, -0.2) is 121 Å². The van der Waals surface area contributed by atoms with Crippen LogP contribution in [0.1, 0.15) is 92.9 Å². The van der Waals surface area contributed by atoms with Crippen LogP contribution in [0.4, 0.5) is 11.4 Å². The summed E-state index contributed by atoms with van der Waals surface area (Å²) in [6.07, 6.45) is 6.88. The predicted molar refractivity (Wildman–Crippen MR) is 207 cm³/mol. The maximum absolute atomic E-state index is 13.8. The minimum Gasteiger partial charge on any atom is -0.489 e. The molecule has 7 heterocycles. The zero-order valence-electron chi connectivity index (χ0n) is 31.9. The summed E-state index contributed by atoms with van der Waals surface area (Å²) < 4.78 is 7.64. The van der Waals surface area contributed by atoms with E-state index < -0.39 is 30.0 Å². The molecule has 3 atom stereocenters. The average Bonchev–Trinajstić information content (AvgIpc) is 3.97. The number of aromatic nitrogens is 3. The van der Waals surface area contributed by atoms with Gasteiger partial charge in [0.2, 0.25) is 5.91 Å². The molecule has 5 aliphatic heterocycles. The number of nitrogens with zero attached hydrogens (tertiary/aromatic N) is 7. The summed E-state index contributed by atoms with van der Waals surface area (Å²) >= 11 is 0. The Morgan fingerprint density at radius 1 is 0.965 bits per heavy atom. The fourth-order valence-electron chi connectivity index (χ4n) is 9.03. The number of hydrogen-bond acceptors (Lipinski definition) is 11. The molecule has 2 aromatic carbocycles. The van der Waals surface area contributed by atoms with E-state index in [1.807, 2.05) is 30.9 Å². The van der Waals surface area contributed by atoms with Gasteiger partial charge in [0.15, 0.2) is 5.65 Å². The lowest BCUT2D eigenvalue weighted by Crippen LogP contribution is -2.55. The van der Waals surface area contributed by atoms with Crippen molar-refractivity contribution in [2.75, 3.05) is 42.9 Å². The summed E-state index contributed by atoms with van der Waals surface area (Å²) in [5, 5.41) is 19.4. The van der Waals surface area contributed by atoms with Gasteiger partial charge in [0, 0.05) is 69.0 Å². The zero-order valence-corrected chi connectivity index (χ0v) is 31.9. The lowest BCUT2D eigenvalue weighted by molar-refractivity contribution is -0.131. The smallest absolute Gasteiger partial charge is 0.262 e. The molecule has 5 amide bonds. The number of carbonyl (C=O) groups excluding carboxylic acids is 5. The molecule has 296 valence electrons. The van der Waals surface area contributed by atoms with Crippen LogP contribution in [-0.2, 0) is 11.3 Å². The molecule has 57 heavy (non-hydrogen) atoms. The van der Waals surface area contributed by atoms with Crippen LogP contribution in [0, 0.1) is 5.92 Å². The number of fused-ring (bicyclic) bond motifs is 3. The summed E-state index contributed by atoms with van der Waals surface area (Å²) in [7, 11) is 0. The predicted octanol–water partition coefficient (Wildman–Crippen LogP) is 2.91. The monoisotopic (exact) mass is 775 g/mol. The molecule has 3 N–H and O–H groups in total. The second-order valence-electron chi connectivity index (χ2n) is 16.0. The number of piperidine rings is 2. The van der Waals surface area contributed by atoms with E-state index in [1.54, 1.807) is 41.2 Å². The summed E-state index contributed by atoms with van der Waals surface area (Å²) in [5.74, 6) is -0.995. The number of rotatable bonds is 9. The molecule has 2 unspecified atom stereocenters. The molecule has 0 spiro atoms. The Morgan fingerprint density at radius 3 is 2.56 bits per heavy atom. The number of hydrogen-bond donors (Lipinski definition) is 3. The van der Waals surface area contributed by atoms with Crippen molar-refractivity contribution in [3.63, 3.8) is 0 Å². The highest BCUT2D eigenvalue weighted by Crippen LogP contribution is 2.38. The summed E-state index contributed by atoms with van der Waals surface area (Å²) in [6, 6.07) is 9.86. The number of ether oxygens (including phenoxy) is 1. The molecule has 3 saturated heterocycles. The van der Waals surface area contributed by atoms with Gasteiger partial charge in [-0.1, -0.05) is 0 Å². The van der Waals surface area contributed by atoms with Crippen LogP contribution in [0.5, 0.6) is 5.75 Å². The van der Waals surface area contributed by atoms with E-state index in [-0.39, 0.29) is 36.8 Å². The van der Waals surface area contributed by atoms with Crippen molar-refractivity contribution >= 4 is 46.6 Å². The number of amides is 5. The van der Waals surface area contributed by atoms with E-state index in [2.05, 4.69) is 30.5 Å². The highest BCUT2D eigenvalue weighted by atomic mass is 16.5. The standard InChI is InChI=1S/C41H45N9O7/c1-23(2)57-34-18-29-25(16-32(34)44-37(52)31-19-43-49-12-3-11-42-36(31)49)22-48(39(29)54)26-9-13-46(14-10-26)20-24-8-15-47(21-24)27-4-5-28-30(17-27)41(56)50(40(28)55)33-6-7-35(51)45-38(33)53/h3-5,11-12,16-19,23-24,26,33,35,51H,6-10,13-15,20-22H2,1-2H3,(H,44,52)(H,45,53)/t24-,33?,35?/m0/s1. The minimum atomic E-state index is -0.969. The SMILES string of the molecule is CC(C)Oc1cc2c(cc1NC(=O)c1cnn3cccnc13)CN(C1CCN(C[C@@H]3CCN(c4ccc5c(c4)C(=O)N(C4CCC(O)NC4=O)C5=O)C3)CC1)C2=O. The van der Waals surface area contributed by atoms with Crippen molar-refractivity contribution in [1.82, 2.24) is 34.6 Å². The summed E-state index contributed by atoms with van der Waals surface area (Å²) in [6.45, 7) is 8.58. The first-order valence-corrected chi connectivity index (χ1v) is 19.7. The topological polar surface area (TPSA) is 182 Å². The van der Waals surface area contributed by atoms with Crippen molar-refractivity contribution in [3.05, 3.63) is 82.8 Å². The Balaban J connectivity index is 0.806. The molecule has 4 aromatic rings. The van der Waals surface area contributed by atoms with Gasteiger partial charge in [0.25, 0.3) is 23.6 Å². The van der Waals surface area contributed by atoms with Gasteiger partial charge in [0.05, 0.1) is 29.1 Å². The van der Waals surface area contributed by atoms with Gasteiger partial charge in [-0.2, -0.15) is 5.10 Å². The largest absolute Gasteiger partial charge is 0.489 e. The van der Waals surface area contributed by atoms with Gasteiger partial charge in [0.1, 0.15) is 23.6 Å². The number of anilines is 2. The highest BCUT2D eigenvalue weighted by molar-refractivity contribution is 6.23. The second kappa shape index (κ2) is 14.6. The Kier molecular flexibility index (Phi) is 9.39. The number of likely N-dealkylation sites (tertiary alicyclic amines) is 1. The number of nitrogens with one attached hydrogen (secondary N) is 2. The molecule has 2 aromatic heterocycles. The van der Waals surface area contributed by atoms with Gasteiger partial charge < -0.3 is 35.2 Å². The lowest BCUT2D eigenvalue weighted by Gasteiger charge is -2.37. The van der Waals surface area contributed by atoms with Crippen molar-refractivity contribution in [3.8, 4) is 5.75 Å². The maximum Gasteiger partial charge on any atom is 0.262 e. The van der Waals surface area contributed by atoms with Gasteiger partial charge >= 0.3 is 0 Å². The Hall–Kier alpha value is -5.87. The third kappa shape index (κ3) is 6.75. The fraction of sp³-hybridized carbons (Fsp3) is 0.439. The van der Waals surface area contributed by atoms with Crippen LogP contribution < -0.4 is 20.3 Å². The molecule has 9 rings (SSSR count). The van der Waals surface area contributed by atoms with E-state index in [0.29, 0.717) is 51.8 Å². The molecular formula is C41H45N9O7. The third-order valence-electron chi connectivity index (χ3n) is 11.9. The molecule has 16 heteroatoms. The Labute approximate surface area is 328 Å².